The topological polar surface area (TPSA) is 110 Å². The number of benzene rings is 1. The SMILES string of the molecule is Cc1nn(C)c(C)c1C(=O)Nc1cc(N)ccc1C(=O)O. The first kappa shape index (κ1) is 14.6. The van der Waals surface area contributed by atoms with Crippen LogP contribution >= 0.6 is 0 Å². The summed E-state index contributed by atoms with van der Waals surface area (Å²) in [6.07, 6.45) is 0. The average molecular weight is 288 g/mol. The molecule has 0 fully saturated rings. The van der Waals surface area contributed by atoms with Crippen molar-refractivity contribution in [1.29, 1.82) is 0 Å². The van der Waals surface area contributed by atoms with E-state index in [0.29, 0.717) is 22.6 Å². The zero-order valence-corrected chi connectivity index (χ0v) is 12.0. The zero-order chi connectivity index (χ0) is 15.7. The molecule has 2 rings (SSSR count). The Hall–Kier alpha value is -2.83. The lowest BCUT2D eigenvalue weighted by molar-refractivity contribution is 0.0698. The highest BCUT2D eigenvalue weighted by Gasteiger charge is 2.19. The number of hydrogen-bond donors (Lipinski definition) is 3. The number of aromatic nitrogens is 2. The van der Waals surface area contributed by atoms with Crippen LogP contribution in [-0.2, 0) is 7.05 Å². The summed E-state index contributed by atoms with van der Waals surface area (Å²) in [7, 11) is 1.74. The number of hydrogen-bond acceptors (Lipinski definition) is 4. The standard InChI is InChI=1S/C14H16N4O3/c1-7-12(8(2)18(3)17-7)13(19)16-11-6-9(15)4-5-10(11)14(20)21/h4-6H,15H2,1-3H3,(H,16,19)(H,20,21). The number of nitrogens with two attached hydrogens (primary N) is 1. The molecule has 0 saturated heterocycles. The number of nitrogen functional groups attached to an aromatic ring is 1. The summed E-state index contributed by atoms with van der Waals surface area (Å²) < 4.78 is 1.60. The van der Waals surface area contributed by atoms with E-state index >= 15 is 0 Å². The van der Waals surface area contributed by atoms with Crippen molar-refractivity contribution in [3.63, 3.8) is 0 Å². The van der Waals surface area contributed by atoms with Crippen LogP contribution in [0.2, 0.25) is 0 Å². The number of aryl methyl sites for hydroxylation is 2. The average Bonchev–Trinajstić information content (AvgIpc) is 2.62. The number of carboxylic acids is 1. The summed E-state index contributed by atoms with van der Waals surface area (Å²) in [5.74, 6) is -1.55. The number of rotatable bonds is 3. The van der Waals surface area contributed by atoms with E-state index in [2.05, 4.69) is 10.4 Å². The molecule has 0 unspecified atom stereocenters. The van der Waals surface area contributed by atoms with Gasteiger partial charge in [0.05, 0.1) is 22.5 Å². The minimum atomic E-state index is -1.13. The van der Waals surface area contributed by atoms with Crippen molar-refractivity contribution in [2.75, 3.05) is 11.1 Å². The van der Waals surface area contributed by atoms with Gasteiger partial charge in [-0.2, -0.15) is 5.10 Å². The predicted molar refractivity (Wildman–Crippen MR) is 78.4 cm³/mol. The minimum Gasteiger partial charge on any atom is -0.478 e. The van der Waals surface area contributed by atoms with E-state index in [-0.39, 0.29) is 11.3 Å². The van der Waals surface area contributed by atoms with Crippen LogP contribution in [0.15, 0.2) is 18.2 Å². The van der Waals surface area contributed by atoms with E-state index in [0.717, 1.165) is 0 Å². The fraction of sp³-hybridized carbons (Fsp3) is 0.214. The quantitative estimate of drug-likeness (QED) is 0.742. The van der Waals surface area contributed by atoms with Crippen LogP contribution in [0.3, 0.4) is 0 Å². The first-order valence-electron chi connectivity index (χ1n) is 6.25. The predicted octanol–water partition coefficient (Wildman–Crippen LogP) is 1.57. The lowest BCUT2D eigenvalue weighted by atomic mass is 10.1. The molecule has 0 aliphatic carbocycles. The van der Waals surface area contributed by atoms with Crippen LogP contribution in [-0.4, -0.2) is 26.8 Å². The van der Waals surface area contributed by atoms with E-state index in [1.165, 1.54) is 18.2 Å². The molecular formula is C14H16N4O3. The molecule has 0 radical (unpaired) electrons. The van der Waals surface area contributed by atoms with Gasteiger partial charge in [-0.15, -0.1) is 0 Å². The second kappa shape index (κ2) is 5.28. The van der Waals surface area contributed by atoms with Crippen molar-refractivity contribution in [2.24, 2.45) is 7.05 Å². The molecule has 7 heteroatoms. The Labute approximate surface area is 121 Å². The number of carbonyl (C=O) groups is 2. The van der Waals surface area contributed by atoms with Crippen LogP contribution in [0.25, 0.3) is 0 Å². The highest BCUT2D eigenvalue weighted by molar-refractivity contribution is 6.09. The van der Waals surface area contributed by atoms with Gasteiger partial charge in [-0.25, -0.2) is 4.79 Å². The van der Waals surface area contributed by atoms with Gasteiger partial charge in [-0.05, 0) is 32.0 Å². The molecule has 1 heterocycles. The lowest BCUT2D eigenvalue weighted by Gasteiger charge is -2.09. The van der Waals surface area contributed by atoms with Crippen molar-refractivity contribution >= 4 is 23.3 Å². The van der Waals surface area contributed by atoms with Crippen LogP contribution in [0.4, 0.5) is 11.4 Å². The molecule has 2 aromatic rings. The summed E-state index contributed by atoms with van der Waals surface area (Å²) >= 11 is 0. The number of aromatic carboxylic acids is 1. The van der Waals surface area contributed by atoms with Gasteiger partial charge in [0.2, 0.25) is 0 Å². The summed E-state index contributed by atoms with van der Waals surface area (Å²) in [6.45, 7) is 3.49. The highest BCUT2D eigenvalue weighted by Crippen LogP contribution is 2.21. The monoisotopic (exact) mass is 288 g/mol. The fourth-order valence-corrected chi connectivity index (χ4v) is 2.14. The second-order valence-corrected chi connectivity index (χ2v) is 4.73. The highest BCUT2D eigenvalue weighted by atomic mass is 16.4. The molecule has 0 aliphatic rings. The smallest absolute Gasteiger partial charge is 0.337 e. The van der Waals surface area contributed by atoms with Gasteiger partial charge in [-0.1, -0.05) is 0 Å². The maximum atomic E-state index is 12.4. The molecule has 0 spiro atoms. The van der Waals surface area contributed by atoms with Crippen LogP contribution in [0.5, 0.6) is 0 Å². The zero-order valence-electron chi connectivity index (χ0n) is 12.0. The van der Waals surface area contributed by atoms with Gasteiger partial charge < -0.3 is 16.2 Å². The van der Waals surface area contributed by atoms with Gasteiger partial charge in [0, 0.05) is 18.4 Å². The Kier molecular flexibility index (Phi) is 3.66. The number of nitrogens with zero attached hydrogens (tertiary/aromatic N) is 2. The third-order valence-corrected chi connectivity index (χ3v) is 3.26. The lowest BCUT2D eigenvalue weighted by Crippen LogP contribution is -2.16. The van der Waals surface area contributed by atoms with Gasteiger partial charge in [0.25, 0.3) is 5.91 Å². The summed E-state index contributed by atoms with van der Waals surface area (Å²) in [4.78, 5) is 23.5. The van der Waals surface area contributed by atoms with Crippen LogP contribution in [0, 0.1) is 13.8 Å². The number of amides is 1. The summed E-state index contributed by atoms with van der Waals surface area (Å²) in [6, 6.07) is 4.25. The maximum absolute atomic E-state index is 12.4. The van der Waals surface area contributed by atoms with Crippen LogP contribution in [0.1, 0.15) is 32.1 Å². The third-order valence-electron chi connectivity index (χ3n) is 3.26. The second-order valence-electron chi connectivity index (χ2n) is 4.73. The minimum absolute atomic E-state index is 0.0169. The Morgan fingerprint density at radius 3 is 2.52 bits per heavy atom. The number of anilines is 2. The number of carboxylic acid groups (broad SMARTS) is 1. The van der Waals surface area contributed by atoms with Gasteiger partial charge >= 0.3 is 5.97 Å². The Morgan fingerprint density at radius 1 is 1.33 bits per heavy atom. The first-order chi connectivity index (χ1) is 9.81. The van der Waals surface area contributed by atoms with Crippen LogP contribution < -0.4 is 11.1 Å². The molecule has 1 amide bonds. The largest absolute Gasteiger partial charge is 0.478 e. The Bertz CT molecular complexity index is 734. The molecule has 1 aromatic heterocycles. The molecular weight excluding hydrogens is 272 g/mol. The number of carbonyl (C=O) groups excluding carboxylic acids is 1. The normalized spacial score (nSPS) is 10.4. The van der Waals surface area contributed by atoms with Crippen molar-refractivity contribution in [3.05, 3.63) is 40.7 Å². The summed E-state index contributed by atoms with van der Waals surface area (Å²) in [5.41, 5.74) is 7.86. The van der Waals surface area contributed by atoms with E-state index in [1.54, 1.807) is 25.6 Å². The van der Waals surface area contributed by atoms with Crippen molar-refractivity contribution in [3.8, 4) is 0 Å². The molecule has 0 saturated carbocycles. The van der Waals surface area contributed by atoms with Gasteiger partial charge in [0.1, 0.15) is 0 Å². The molecule has 110 valence electrons. The Morgan fingerprint density at radius 2 is 2.00 bits per heavy atom. The molecule has 0 bridgehead atoms. The third kappa shape index (κ3) is 2.71. The van der Waals surface area contributed by atoms with Crippen molar-refractivity contribution in [2.45, 2.75) is 13.8 Å². The molecule has 7 nitrogen and oxygen atoms in total. The van der Waals surface area contributed by atoms with Crippen molar-refractivity contribution in [1.82, 2.24) is 9.78 Å². The summed E-state index contributed by atoms with van der Waals surface area (Å²) in [5, 5.41) is 15.9. The maximum Gasteiger partial charge on any atom is 0.337 e. The van der Waals surface area contributed by atoms with Crippen molar-refractivity contribution < 1.29 is 14.7 Å². The van der Waals surface area contributed by atoms with Gasteiger partial charge in [-0.3, -0.25) is 9.48 Å². The fourth-order valence-electron chi connectivity index (χ4n) is 2.14. The Balaban J connectivity index is 2.40. The van der Waals surface area contributed by atoms with E-state index < -0.39 is 11.9 Å². The molecule has 1 aromatic carbocycles. The molecule has 21 heavy (non-hydrogen) atoms. The van der Waals surface area contributed by atoms with E-state index in [4.69, 9.17) is 10.8 Å². The first-order valence-corrected chi connectivity index (χ1v) is 6.25. The molecule has 0 atom stereocenters. The molecule has 4 N–H and O–H groups in total. The molecule has 0 aliphatic heterocycles. The van der Waals surface area contributed by atoms with E-state index in [1.807, 2.05) is 0 Å². The number of nitrogens with one attached hydrogen (secondary N) is 1. The van der Waals surface area contributed by atoms with E-state index in [9.17, 15) is 9.59 Å². The van der Waals surface area contributed by atoms with Gasteiger partial charge in [0.15, 0.2) is 0 Å².